The van der Waals surface area contributed by atoms with Crippen molar-refractivity contribution in [2.24, 2.45) is 5.73 Å². The first-order chi connectivity index (χ1) is 4.84. The third-order valence-electron chi connectivity index (χ3n) is 2.31. The average molecular weight is 143 g/mol. The largest absolute Gasteiger partial charge is 0.380 e. The third kappa shape index (κ3) is 1.96. The highest BCUT2D eigenvalue weighted by atomic mass is 16.5. The molecule has 1 rings (SSSR count). The third-order valence-corrected chi connectivity index (χ3v) is 2.31. The monoisotopic (exact) mass is 143 g/mol. The van der Waals surface area contributed by atoms with Gasteiger partial charge in [0.1, 0.15) is 0 Å². The minimum absolute atomic E-state index is 0.285. The Morgan fingerprint density at radius 2 is 1.90 bits per heavy atom. The summed E-state index contributed by atoms with van der Waals surface area (Å²) in [6.45, 7) is 0. The highest BCUT2D eigenvalue weighted by Gasteiger charge is 2.18. The number of ether oxygens (including phenoxy) is 1. The first-order valence-corrected chi connectivity index (χ1v) is 4.13. The normalized spacial score (nSPS) is 35.4. The van der Waals surface area contributed by atoms with Crippen molar-refractivity contribution in [1.29, 1.82) is 0 Å². The molecule has 60 valence electrons. The van der Waals surface area contributed by atoms with Crippen molar-refractivity contribution in [3.63, 3.8) is 0 Å². The fraction of sp³-hybridized carbons (Fsp3) is 1.00. The number of rotatable bonds is 1. The molecule has 0 radical (unpaired) electrons. The Bertz CT molecular complexity index is 95.3. The predicted octanol–water partition coefficient (Wildman–Crippen LogP) is 1.29. The molecule has 2 nitrogen and oxygen atoms in total. The summed E-state index contributed by atoms with van der Waals surface area (Å²) in [6, 6.07) is 0.285. The summed E-state index contributed by atoms with van der Waals surface area (Å²) in [4.78, 5) is 0. The van der Waals surface area contributed by atoms with E-state index in [0.717, 1.165) is 12.8 Å². The Morgan fingerprint density at radius 3 is 2.60 bits per heavy atom. The Hall–Kier alpha value is -0.0800. The van der Waals surface area contributed by atoms with Crippen LogP contribution in [-0.2, 0) is 4.74 Å². The van der Waals surface area contributed by atoms with Crippen molar-refractivity contribution in [3.8, 4) is 0 Å². The van der Waals surface area contributed by atoms with Crippen molar-refractivity contribution >= 4 is 0 Å². The van der Waals surface area contributed by atoms with Gasteiger partial charge in [-0.3, -0.25) is 0 Å². The summed E-state index contributed by atoms with van der Waals surface area (Å²) in [5, 5.41) is 0. The van der Waals surface area contributed by atoms with Crippen LogP contribution in [0.1, 0.15) is 32.1 Å². The minimum Gasteiger partial charge on any atom is -0.380 e. The smallest absolute Gasteiger partial charge is 0.0722 e. The highest BCUT2D eigenvalue weighted by molar-refractivity contribution is 4.76. The van der Waals surface area contributed by atoms with Gasteiger partial charge in [0, 0.05) is 13.2 Å². The molecule has 0 aromatic carbocycles. The number of methoxy groups -OCH3 is 1. The van der Waals surface area contributed by atoms with Crippen molar-refractivity contribution < 1.29 is 4.74 Å². The van der Waals surface area contributed by atoms with Crippen LogP contribution < -0.4 is 5.73 Å². The molecule has 0 aromatic heterocycles. The van der Waals surface area contributed by atoms with Crippen molar-refractivity contribution in [3.05, 3.63) is 0 Å². The lowest BCUT2D eigenvalue weighted by Gasteiger charge is -2.18. The predicted molar refractivity (Wildman–Crippen MR) is 41.9 cm³/mol. The Morgan fingerprint density at radius 1 is 1.20 bits per heavy atom. The summed E-state index contributed by atoms with van der Waals surface area (Å²) in [7, 11) is 1.76. The molecule has 1 saturated carbocycles. The highest BCUT2D eigenvalue weighted by Crippen LogP contribution is 2.18. The SMILES string of the molecule is COC1CCCCC[C@H]1N. The van der Waals surface area contributed by atoms with E-state index in [1.54, 1.807) is 7.11 Å². The molecule has 2 heteroatoms. The van der Waals surface area contributed by atoms with Gasteiger partial charge in [0.25, 0.3) is 0 Å². The van der Waals surface area contributed by atoms with Gasteiger partial charge in [0.15, 0.2) is 0 Å². The molecule has 0 aromatic rings. The molecule has 1 unspecified atom stereocenters. The van der Waals surface area contributed by atoms with E-state index in [1.807, 2.05) is 0 Å². The molecule has 2 N–H and O–H groups in total. The molecule has 0 heterocycles. The lowest BCUT2D eigenvalue weighted by molar-refractivity contribution is 0.0751. The van der Waals surface area contributed by atoms with Crippen LogP contribution in [0.3, 0.4) is 0 Å². The molecule has 0 spiro atoms. The van der Waals surface area contributed by atoms with Crippen LogP contribution in [0, 0.1) is 0 Å². The number of nitrogens with two attached hydrogens (primary N) is 1. The molecule has 1 aliphatic carbocycles. The summed E-state index contributed by atoms with van der Waals surface area (Å²) >= 11 is 0. The molecule has 2 atom stereocenters. The topological polar surface area (TPSA) is 35.2 Å². The average Bonchev–Trinajstić information content (AvgIpc) is 2.13. The molecule has 1 aliphatic rings. The van der Waals surface area contributed by atoms with Gasteiger partial charge in [0.05, 0.1) is 6.10 Å². The van der Waals surface area contributed by atoms with E-state index in [2.05, 4.69) is 0 Å². The second kappa shape index (κ2) is 3.94. The first-order valence-electron chi connectivity index (χ1n) is 4.13. The number of hydrogen-bond donors (Lipinski definition) is 1. The zero-order valence-electron chi connectivity index (χ0n) is 6.68. The molecule has 0 amide bonds. The Balaban J connectivity index is 2.35. The van der Waals surface area contributed by atoms with E-state index in [1.165, 1.54) is 19.3 Å². The summed E-state index contributed by atoms with van der Waals surface area (Å²) < 4.78 is 5.26. The van der Waals surface area contributed by atoms with Crippen molar-refractivity contribution in [2.45, 2.75) is 44.2 Å². The van der Waals surface area contributed by atoms with E-state index in [9.17, 15) is 0 Å². The Kier molecular flexibility index (Phi) is 3.16. The van der Waals surface area contributed by atoms with Gasteiger partial charge >= 0.3 is 0 Å². The summed E-state index contributed by atoms with van der Waals surface area (Å²) in [5.41, 5.74) is 5.86. The number of hydrogen-bond acceptors (Lipinski definition) is 2. The van der Waals surface area contributed by atoms with E-state index >= 15 is 0 Å². The van der Waals surface area contributed by atoms with Gasteiger partial charge in [-0.25, -0.2) is 0 Å². The van der Waals surface area contributed by atoms with Gasteiger partial charge in [-0.2, -0.15) is 0 Å². The second-order valence-electron chi connectivity index (χ2n) is 3.08. The van der Waals surface area contributed by atoms with E-state index in [0.29, 0.717) is 6.10 Å². The molecule has 0 saturated heterocycles. The van der Waals surface area contributed by atoms with Crippen LogP contribution in [0.15, 0.2) is 0 Å². The molecular weight excluding hydrogens is 126 g/mol. The van der Waals surface area contributed by atoms with Gasteiger partial charge in [-0.15, -0.1) is 0 Å². The standard InChI is InChI=1S/C8H17NO/c1-10-8-6-4-2-3-5-7(8)9/h7-8H,2-6,9H2,1H3/t7-,8?/m1/s1. The van der Waals surface area contributed by atoms with Gasteiger partial charge in [-0.1, -0.05) is 19.3 Å². The quantitative estimate of drug-likeness (QED) is 0.561. The van der Waals surface area contributed by atoms with Crippen LogP contribution in [-0.4, -0.2) is 19.3 Å². The van der Waals surface area contributed by atoms with Crippen LogP contribution in [0.25, 0.3) is 0 Å². The fourth-order valence-electron chi connectivity index (χ4n) is 1.59. The molecular formula is C8H17NO. The molecule has 0 aliphatic heterocycles. The second-order valence-corrected chi connectivity index (χ2v) is 3.08. The van der Waals surface area contributed by atoms with Crippen molar-refractivity contribution in [1.82, 2.24) is 0 Å². The minimum atomic E-state index is 0.285. The zero-order chi connectivity index (χ0) is 7.40. The summed E-state index contributed by atoms with van der Waals surface area (Å²) in [6.07, 6.45) is 6.50. The van der Waals surface area contributed by atoms with Gasteiger partial charge in [0.2, 0.25) is 0 Å². The van der Waals surface area contributed by atoms with E-state index < -0.39 is 0 Å². The van der Waals surface area contributed by atoms with E-state index in [4.69, 9.17) is 10.5 Å². The lowest BCUT2D eigenvalue weighted by Crippen LogP contribution is -2.34. The summed E-state index contributed by atoms with van der Waals surface area (Å²) in [5.74, 6) is 0. The maximum Gasteiger partial charge on any atom is 0.0722 e. The molecule has 10 heavy (non-hydrogen) atoms. The maximum atomic E-state index is 5.86. The van der Waals surface area contributed by atoms with Gasteiger partial charge < -0.3 is 10.5 Å². The molecule has 0 bridgehead atoms. The lowest BCUT2D eigenvalue weighted by atomic mass is 10.1. The molecule has 1 fully saturated rings. The maximum absolute atomic E-state index is 5.86. The van der Waals surface area contributed by atoms with E-state index in [-0.39, 0.29) is 6.04 Å². The fourth-order valence-corrected chi connectivity index (χ4v) is 1.59. The van der Waals surface area contributed by atoms with Crippen LogP contribution >= 0.6 is 0 Å². The van der Waals surface area contributed by atoms with Crippen LogP contribution in [0.4, 0.5) is 0 Å². The van der Waals surface area contributed by atoms with Gasteiger partial charge in [-0.05, 0) is 12.8 Å². The Labute approximate surface area is 62.7 Å². The van der Waals surface area contributed by atoms with Crippen molar-refractivity contribution in [2.75, 3.05) is 7.11 Å². The van der Waals surface area contributed by atoms with Crippen LogP contribution in [0.5, 0.6) is 0 Å². The zero-order valence-corrected chi connectivity index (χ0v) is 6.68. The first kappa shape index (κ1) is 8.02. The van der Waals surface area contributed by atoms with Crippen LogP contribution in [0.2, 0.25) is 0 Å².